The van der Waals surface area contributed by atoms with Crippen LogP contribution >= 0.6 is 0 Å². The van der Waals surface area contributed by atoms with Gasteiger partial charge >= 0.3 is 0 Å². The third kappa shape index (κ3) is 4.23. The highest BCUT2D eigenvalue weighted by atomic mass is 16.1. The zero-order chi connectivity index (χ0) is 19.3. The molecule has 3 aromatic rings. The first-order chi connectivity index (χ1) is 13.7. The fourth-order valence-electron chi connectivity index (χ4n) is 3.34. The quantitative estimate of drug-likeness (QED) is 0.661. The summed E-state index contributed by atoms with van der Waals surface area (Å²) in [5, 5.41) is 4.52. The van der Waals surface area contributed by atoms with Crippen molar-refractivity contribution in [2.75, 3.05) is 37.6 Å². The van der Waals surface area contributed by atoms with Gasteiger partial charge in [-0.1, -0.05) is 0 Å². The summed E-state index contributed by atoms with van der Waals surface area (Å²) in [7, 11) is 0. The molecule has 0 amide bonds. The number of rotatable bonds is 5. The highest BCUT2D eigenvalue weighted by Gasteiger charge is 2.18. The number of anilines is 1. The van der Waals surface area contributed by atoms with Crippen LogP contribution in [0.3, 0.4) is 0 Å². The van der Waals surface area contributed by atoms with E-state index >= 15 is 0 Å². The highest BCUT2D eigenvalue weighted by Crippen LogP contribution is 2.14. The van der Waals surface area contributed by atoms with Crippen LogP contribution in [0.25, 0.3) is 11.3 Å². The summed E-state index contributed by atoms with van der Waals surface area (Å²) in [6.45, 7) is 7.04. The van der Waals surface area contributed by atoms with Gasteiger partial charge in [0.2, 0.25) is 0 Å². The maximum atomic E-state index is 12.2. The van der Waals surface area contributed by atoms with Gasteiger partial charge in [-0.15, -0.1) is 0 Å². The third-order valence-electron chi connectivity index (χ3n) is 4.96. The van der Waals surface area contributed by atoms with E-state index in [-0.39, 0.29) is 5.56 Å². The van der Waals surface area contributed by atoms with Crippen LogP contribution in [-0.4, -0.2) is 62.4 Å². The Morgan fingerprint density at radius 3 is 2.50 bits per heavy atom. The topological polar surface area (TPSA) is 80.0 Å². The average Bonchev–Trinajstić information content (AvgIpc) is 2.74. The van der Waals surface area contributed by atoms with Crippen molar-refractivity contribution >= 4 is 5.82 Å². The molecule has 28 heavy (non-hydrogen) atoms. The monoisotopic (exact) mass is 377 g/mol. The molecular weight excluding hydrogens is 354 g/mol. The number of hydrogen-bond acceptors (Lipinski definition) is 7. The Morgan fingerprint density at radius 2 is 1.75 bits per heavy atom. The maximum Gasteiger partial charge on any atom is 0.266 e. The molecule has 0 radical (unpaired) electrons. The molecule has 0 unspecified atom stereocenters. The van der Waals surface area contributed by atoms with E-state index in [9.17, 15) is 4.79 Å². The van der Waals surface area contributed by atoms with Crippen LogP contribution < -0.4 is 10.5 Å². The highest BCUT2D eigenvalue weighted by molar-refractivity contribution is 5.56. The molecule has 0 aliphatic carbocycles. The van der Waals surface area contributed by atoms with Crippen molar-refractivity contribution in [2.24, 2.45) is 0 Å². The van der Waals surface area contributed by atoms with Crippen molar-refractivity contribution in [3.05, 3.63) is 65.1 Å². The standard InChI is InChI=1S/C20H23N7O/c1-16-14-19(23-15-22-16)26-11-8-25(9-12-26)10-13-27-20(28)3-2-18(24-27)17-4-6-21-7-5-17/h2-7,14-15H,8-13H2,1H3. The lowest BCUT2D eigenvalue weighted by Gasteiger charge is -2.35. The average molecular weight is 377 g/mol. The fourth-order valence-corrected chi connectivity index (χ4v) is 3.34. The summed E-state index contributed by atoms with van der Waals surface area (Å²) in [6, 6.07) is 9.15. The number of piperazine rings is 1. The SMILES string of the molecule is Cc1cc(N2CCN(CCn3nc(-c4ccncc4)ccc3=O)CC2)ncn1. The fraction of sp³-hybridized carbons (Fsp3) is 0.350. The molecule has 0 aromatic carbocycles. The van der Waals surface area contributed by atoms with Crippen molar-refractivity contribution in [2.45, 2.75) is 13.5 Å². The molecule has 0 N–H and O–H groups in total. The van der Waals surface area contributed by atoms with Gasteiger partial charge in [-0.2, -0.15) is 5.10 Å². The first kappa shape index (κ1) is 18.2. The number of aryl methyl sites for hydroxylation is 1. The Morgan fingerprint density at radius 1 is 0.964 bits per heavy atom. The molecule has 0 saturated carbocycles. The van der Waals surface area contributed by atoms with Gasteiger partial charge in [0.1, 0.15) is 12.1 Å². The third-order valence-corrected chi connectivity index (χ3v) is 4.96. The van der Waals surface area contributed by atoms with Crippen LogP contribution in [0.2, 0.25) is 0 Å². The summed E-state index contributed by atoms with van der Waals surface area (Å²) < 4.78 is 1.55. The zero-order valence-corrected chi connectivity index (χ0v) is 15.9. The van der Waals surface area contributed by atoms with Crippen LogP contribution in [0, 0.1) is 6.92 Å². The van der Waals surface area contributed by atoms with Gasteiger partial charge in [0.15, 0.2) is 0 Å². The largest absolute Gasteiger partial charge is 0.354 e. The molecule has 4 heterocycles. The molecule has 1 aliphatic heterocycles. The first-order valence-electron chi connectivity index (χ1n) is 9.43. The zero-order valence-electron chi connectivity index (χ0n) is 15.9. The van der Waals surface area contributed by atoms with Crippen molar-refractivity contribution in [3.63, 3.8) is 0 Å². The van der Waals surface area contributed by atoms with Crippen molar-refractivity contribution in [1.29, 1.82) is 0 Å². The summed E-state index contributed by atoms with van der Waals surface area (Å²) in [6.07, 6.45) is 5.07. The molecule has 8 nitrogen and oxygen atoms in total. The Hall–Kier alpha value is -3.13. The van der Waals surface area contributed by atoms with E-state index in [2.05, 4.69) is 29.9 Å². The Bertz CT molecular complexity index is 981. The van der Waals surface area contributed by atoms with Crippen LogP contribution in [0.15, 0.2) is 53.8 Å². The molecule has 4 rings (SSSR count). The predicted octanol–water partition coefficient (Wildman–Crippen LogP) is 1.23. The normalized spacial score (nSPS) is 15.0. The number of hydrogen-bond donors (Lipinski definition) is 0. The minimum Gasteiger partial charge on any atom is -0.354 e. The van der Waals surface area contributed by atoms with E-state index in [1.54, 1.807) is 35.5 Å². The molecule has 144 valence electrons. The molecule has 3 aromatic heterocycles. The number of aromatic nitrogens is 5. The summed E-state index contributed by atoms with van der Waals surface area (Å²) in [4.78, 5) is 29.4. The second-order valence-corrected chi connectivity index (χ2v) is 6.86. The van der Waals surface area contributed by atoms with Gasteiger partial charge in [-0.25, -0.2) is 14.6 Å². The predicted molar refractivity (Wildman–Crippen MR) is 107 cm³/mol. The number of nitrogens with zero attached hydrogens (tertiary/aromatic N) is 7. The van der Waals surface area contributed by atoms with Gasteiger partial charge < -0.3 is 4.90 Å². The molecule has 0 bridgehead atoms. The molecule has 1 saturated heterocycles. The Kier molecular flexibility index (Phi) is 5.38. The molecule has 1 aliphatic rings. The van der Waals surface area contributed by atoms with Crippen molar-refractivity contribution in [1.82, 2.24) is 29.6 Å². The van der Waals surface area contributed by atoms with E-state index < -0.39 is 0 Å². The van der Waals surface area contributed by atoms with E-state index in [0.29, 0.717) is 6.54 Å². The van der Waals surface area contributed by atoms with Crippen LogP contribution in [0.1, 0.15) is 5.69 Å². The molecular formula is C20H23N7O. The van der Waals surface area contributed by atoms with Gasteiger partial charge in [0.25, 0.3) is 5.56 Å². The van der Waals surface area contributed by atoms with E-state index in [0.717, 1.165) is 55.5 Å². The molecule has 0 spiro atoms. The lowest BCUT2D eigenvalue weighted by atomic mass is 10.2. The van der Waals surface area contributed by atoms with E-state index in [4.69, 9.17) is 0 Å². The second kappa shape index (κ2) is 8.26. The smallest absolute Gasteiger partial charge is 0.266 e. The summed E-state index contributed by atoms with van der Waals surface area (Å²) in [5.41, 5.74) is 2.64. The Balaban J connectivity index is 1.36. The lowest BCUT2D eigenvalue weighted by molar-refractivity contribution is 0.242. The van der Waals surface area contributed by atoms with Crippen molar-refractivity contribution in [3.8, 4) is 11.3 Å². The van der Waals surface area contributed by atoms with Gasteiger partial charge in [0.05, 0.1) is 12.2 Å². The van der Waals surface area contributed by atoms with Crippen LogP contribution in [0.5, 0.6) is 0 Å². The summed E-state index contributed by atoms with van der Waals surface area (Å²) in [5.74, 6) is 0.982. The number of pyridine rings is 1. The molecule has 1 fully saturated rings. The summed E-state index contributed by atoms with van der Waals surface area (Å²) >= 11 is 0. The minimum absolute atomic E-state index is 0.0760. The second-order valence-electron chi connectivity index (χ2n) is 6.86. The Labute approximate surface area is 163 Å². The molecule has 0 atom stereocenters. The van der Waals surface area contributed by atoms with E-state index in [1.807, 2.05) is 25.1 Å². The molecule has 8 heteroatoms. The van der Waals surface area contributed by atoms with Gasteiger partial charge in [-0.05, 0) is 25.1 Å². The maximum absolute atomic E-state index is 12.2. The van der Waals surface area contributed by atoms with Crippen LogP contribution in [0.4, 0.5) is 5.82 Å². The van der Waals surface area contributed by atoms with Crippen LogP contribution in [-0.2, 0) is 6.54 Å². The van der Waals surface area contributed by atoms with E-state index in [1.165, 1.54) is 0 Å². The first-order valence-corrected chi connectivity index (χ1v) is 9.43. The lowest BCUT2D eigenvalue weighted by Crippen LogP contribution is -2.48. The van der Waals surface area contributed by atoms with Gasteiger partial charge in [-0.3, -0.25) is 14.7 Å². The van der Waals surface area contributed by atoms with Crippen molar-refractivity contribution < 1.29 is 0 Å². The minimum atomic E-state index is -0.0760. The van der Waals surface area contributed by atoms with Gasteiger partial charge in [0, 0.05) is 68.5 Å².